The molecule has 0 saturated heterocycles. The van der Waals surface area contributed by atoms with Gasteiger partial charge in [0.2, 0.25) is 0 Å². The van der Waals surface area contributed by atoms with Gasteiger partial charge in [-0.05, 0) is 6.42 Å². The van der Waals surface area contributed by atoms with Crippen LogP contribution in [-0.2, 0) is 4.57 Å². The molecule has 0 spiro atoms. The molecule has 4 N–H and O–H groups in total. The Labute approximate surface area is 60.6 Å². The smallest absolute Gasteiger partial charge is 0.323 e. The second-order valence-electron chi connectivity index (χ2n) is 2.30. The first kappa shape index (κ1) is 10.1. The molecule has 0 rings (SSSR count). The zero-order valence-corrected chi connectivity index (χ0v) is 6.92. The third-order valence-electron chi connectivity index (χ3n) is 1.29. The molecule has 1 atom stereocenters. The van der Waals surface area contributed by atoms with Gasteiger partial charge in [-0.3, -0.25) is 4.57 Å². The highest BCUT2D eigenvalue weighted by Gasteiger charge is 2.23. The van der Waals surface area contributed by atoms with Gasteiger partial charge in [-0.25, -0.2) is 0 Å². The fourth-order valence-electron chi connectivity index (χ4n) is 0.581. The lowest BCUT2D eigenvalue weighted by Gasteiger charge is -2.11. The maximum Gasteiger partial charge on any atom is 0.342 e. The molecule has 0 aliphatic heterocycles. The van der Waals surface area contributed by atoms with Gasteiger partial charge in [0.15, 0.2) is 0 Å². The van der Waals surface area contributed by atoms with Gasteiger partial charge < -0.3 is 15.5 Å². The summed E-state index contributed by atoms with van der Waals surface area (Å²) in [6.07, 6.45) is 2.08. The average Bonchev–Trinajstić information content (AvgIpc) is 1.80. The molecule has 0 aromatic rings. The van der Waals surface area contributed by atoms with Crippen molar-refractivity contribution in [2.45, 2.75) is 32.0 Å². The molecule has 0 aromatic heterocycles. The Kier molecular flexibility index (Phi) is 4.13. The van der Waals surface area contributed by atoms with Gasteiger partial charge in [0.05, 0.1) is 0 Å². The third-order valence-corrected chi connectivity index (χ3v) is 2.41. The summed E-state index contributed by atoms with van der Waals surface area (Å²) in [7, 11) is -4.01. The van der Waals surface area contributed by atoms with Gasteiger partial charge in [0, 0.05) is 0 Å². The topological polar surface area (TPSA) is 83.6 Å². The fourth-order valence-corrected chi connectivity index (χ4v) is 1.10. The van der Waals surface area contributed by atoms with E-state index in [0.29, 0.717) is 6.42 Å². The molecule has 5 heteroatoms. The molecule has 0 heterocycles. The largest absolute Gasteiger partial charge is 0.342 e. The standard InChI is InChI=1S/C5H14NO3P/c1-2-3-4-5(6)10(7,8)9/h5H,2-4,6H2,1H3,(H2,7,8,9). The van der Waals surface area contributed by atoms with E-state index in [9.17, 15) is 4.57 Å². The van der Waals surface area contributed by atoms with Crippen LogP contribution in [0.1, 0.15) is 26.2 Å². The summed E-state index contributed by atoms with van der Waals surface area (Å²) in [5.74, 6) is -0.965. The van der Waals surface area contributed by atoms with Gasteiger partial charge in [-0.1, -0.05) is 19.8 Å². The fraction of sp³-hybridized carbons (Fsp3) is 1.00. The quantitative estimate of drug-likeness (QED) is 0.536. The summed E-state index contributed by atoms with van der Waals surface area (Å²) in [6.45, 7) is 1.95. The molecule has 0 aliphatic carbocycles. The molecular weight excluding hydrogens is 153 g/mol. The van der Waals surface area contributed by atoms with Crippen molar-refractivity contribution >= 4 is 7.60 Å². The van der Waals surface area contributed by atoms with Crippen LogP contribution < -0.4 is 5.73 Å². The van der Waals surface area contributed by atoms with Crippen molar-refractivity contribution in [1.82, 2.24) is 0 Å². The van der Waals surface area contributed by atoms with Crippen molar-refractivity contribution in [1.29, 1.82) is 0 Å². The zero-order valence-electron chi connectivity index (χ0n) is 6.03. The van der Waals surface area contributed by atoms with Crippen molar-refractivity contribution in [2.75, 3.05) is 0 Å². The summed E-state index contributed by atoms with van der Waals surface area (Å²) in [5.41, 5.74) is 5.17. The van der Waals surface area contributed by atoms with Crippen LogP contribution in [0.3, 0.4) is 0 Å². The average molecular weight is 167 g/mol. The van der Waals surface area contributed by atoms with E-state index in [1.165, 1.54) is 0 Å². The molecule has 4 nitrogen and oxygen atoms in total. The van der Waals surface area contributed by atoms with Crippen LogP contribution in [0.25, 0.3) is 0 Å². The minimum Gasteiger partial charge on any atom is -0.323 e. The van der Waals surface area contributed by atoms with E-state index in [4.69, 9.17) is 15.5 Å². The molecule has 0 amide bonds. The zero-order chi connectivity index (χ0) is 8.20. The van der Waals surface area contributed by atoms with Gasteiger partial charge in [-0.15, -0.1) is 0 Å². The van der Waals surface area contributed by atoms with Gasteiger partial charge in [0.25, 0.3) is 0 Å². The van der Waals surface area contributed by atoms with Crippen molar-refractivity contribution in [3.05, 3.63) is 0 Å². The normalized spacial score (nSPS) is 15.2. The predicted molar refractivity (Wildman–Crippen MR) is 39.5 cm³/mol. The molecule has 0 aromatic carbocycles. The predicted octanol–water partition coefficient (Wildman–Crippen LogP) is 0.639. The van der Waals surface area contributed by atoms with Gasteiger partial charge in [0.1, 0.15) is 5.78 Å². The number of nitrogens with two attached hydrogens (primary N) is 1. The van der Waals surface area contributed by atoms with Gasteiger partial charge in [-0.2, -0.15) is 0 Å². The van der Waals surface area contributed by atoms with Crippen LogP contribution in [0.4, 0.5) is 0 Å². The van der Waals surface area contributed by atoms with E-state index < -0.39 is 13.4 Å². The van der Waals surface area contributed by atoms with E-state index in [2.05, 4.69) is 0 Å². The monoisotopic (exact) mass is 167 g/mol. The summed E-state index contributed by atoms with van der Waals surface area (Å²) in [6, 6.07) is 0. The first-order valence-corrected chi connectivity index (χ1v) is 4.97. The highest BCUT2D eigenvalue weighted by Crippen LogP contribution is 2.40. The molecule has 0 saturated carbocycles. The molecular formula is C5H14NO3P. The van der Waals surface area contributed by atoms with E-state index in [0.717, 1.165) is 12.8 Å². The molecule has 0 aliphatic rings. The summed E-state index contributed by atoms with van der Waals surface area (Å²) < 4.78 is 10.4. The van der Waals surface area contributed by atoms with Crippen LogP contribution in [0.15, 0.2) is 0 Å². The molecule has 0 radical (unpaired) electrons. The lowest BCUT2D eigenvalue weighted by molar-refractivity contribution is 0.354. The molecule has 10 heavy (non-hydrogen) atoms. The van der Waals surface area contributed by atoms with Crippen LogP contribution in [0.2, 0.25) is 0 Å². The maximum absolute atomic E-state index is 10.4. The van der Waals surface area contributed by atoms with E-state index in [-0.39, 0.29) is 0 Å². The number of rotatable bonds is 4. The Bertz CT molecular complexity index is 133. The second kappa shape index (κ2) is 4.09. The first-order valence-electron chi connectivity index (χ1n) is 3.29. The number of hydrogen-bond donors (Lipinski definition) is 3. The molecule has 0 fully saturated rings. The van der Waals surface area contributed by atoms with E-state index in [1.807, 2.05) is 6.92 Å². The lowest BCUT2D eigenvalue weighted by atomic mass is 10.2. The van der Waals surface area contributed by atoms with Crippen molar-refractivity contribution < 1.29 is 14.4 Å². The van der Waals surface area contributed by atoms with Crippen molar-refractivity contribution in [3.8, 4) is 0 Å². The molecule has 1 unspecified atom stereocenters. The minimum atomic E-state index is -4.01. The Morgan fingerprint density at radius 1 is 1.60 bits per heavy atom. The van der Waals surface area contributed by atoms with Crippen molar-refractivity contribution in [3.63, 3.8) is 0 Å². The third kappa shape index (κ3) is 4.01. The van der Waals surface area contributed by atoms with Crippen LogP contribution in [0.5, 0.6) is 0 Å². The Morgan fingerprint density at radius 2 is 2.10 bits per heavy atom. The van der Waals surface area contributed by atoms with Crippen molar-refractivity contribution in [2.24, 2.45) is 5.73 Å². The summed E-state index contributed by atoms with van der Waals surface area (Å²) >= 11 is 0. The number of unbranched alkanes of at least 4 members (excludes halogenated alkanes) is 1. The molecule has 0 bridgehead atoms. The van der Waals surface area contributed by atoms with Crippen LogP contribution in [-0.4, -0.2) is 15.6 Å². The highest BCUT2D eigenvalue weighted by molar-refractivity contribution is 7.52. The van der Waals surface area contributed by atoms with Gasteiger partial charge >= 0.3 is 7.60 Å². The highest BCUT2D eigenvalue weighted by atomic mass is 31.2. The Hall–Kier alpha value is 0.110. The maximum atomic E-state index is 10.4. The van der Waals surface area contributed by atoms with E-state index >= 15 is 0 Å². The first-order chi connectivity index (χ1) is 4.48. The Balaban J connectivity index is 3.63. The minimum absolute atomic E-state index is 0.404. The number of hydrogen-bond acceptors (Lipinski definition) is 2. The molecule has 62 valence electrons. The van der Waals surface area contributed by atoms with Crippen LogP contribution >= 0.6 is 7.60 Å². The van der Waals surface area contributed by atoms with E-state index in [1.54, 1.807) is 0 Å². The summed E-state index contributed by atoms with van der Waals surface area (Å²) in [5, 5.41) is 0. The van der Waals surface area contributed by atoms with Crippen LogP contribution in [0, 0.1) is 0 Å². The lowest BCUT2D eigenvalue weighted by Crippen LogP contribution is -2.19. The summed E-state index contributed by atoms with van der Waals surface area (Å²) in [4.78, 5) is 17.0. The second-order valence-corrected chi connectivity index (χ2v) is 4.14. The Morgan fingerprint density at radius 3 is 2.40 bits per heavy atom. The SMILES string of the molecule is CCCCC(N)P(=O)(O)O.